The van der Waals surface area contributed by atoms with Gasteiger partial charge in [0.2, 0.25) is 0 Å². The van der Waals surface area contributed by atoms with Crippen LogP contribution < -0.4 is 4.74 Å². The summed E-state index contributed by atoms with van der Waals surface area (Å²) in [5, 5.41) is 8.96. The normalized spacial score (nSPS) is 14.5. The molecule has 1 amide bonds. The first kappa shape index (κ1) is 11.3. The SMILES string of the molecule is COc1ccc(Br)c2c1CCN(C(=O)O)C2. The zero-order valence-electron chi connectivity index (χ0n) is 8.86. The largest absolute Gasteiger partial charge is 0.496 e. The maximum absolute atomic E-state index is 10.9. The molecule has 1 heterocycles. The van der Waals surface area contributed by atoms with Crippen molar-refractivity contribution in [3.63, 3.8) is 0 Å². The van der Waals surface area contributed by atoms with E-state index in [4.69, 9.17) is 9.84 Å². The molecule has 0 atom stereocenters. The van der Waals surface area contributed by atoms with E-state index in [-0.39, 0.29) is 0 Å². The molecule has 0 saturated heterocycles. The van der Waals surface area contributed by atoms with Gasteiger partial charge in [0.05, 0.1) is 13.7 Å². The molecule has 0 saturated carbocycles. The van der Waals surface area contributed by atoms with Gasteiger partial charge < -0.3 is 14.7 Å². The van der Waals surface area contributed by atoms with Gasteiger partial charge in [-0.05, 0) is 24.1 Å². The Kier molecular flexibility index (Phi) is 3.05. The highest BCUT2D eigenvalue weighted by Crippen LogP contribution is 2.33. The van der Waals surface area contributed by atoms with Gasteiger partial charge in [0.1, 0.15) is 5.75 Å². The lowest BCUT2D eigenvalue weighted by molar-refractivity contribution is 0.139. The van der Waals surface area contributed by atoms with Crippen molar-refractivity contribution in [2.45, 2.75) is 13.0 Å². The second-order valence-electron chi connectivity index (χ2n) is 3.66. The molecule has 16 heavy (non-hydrogen) atoms. The van der Waals surface area contributed by atoms with Gasteiger partial charge in [0, 0.05) is 16.6 Å². The molecule has 2 rings (SSSR count). The first-order valence-corrected chi connectivity index (χ1v) is 5.75. The second kappa shape index (κ2) is 4.33. The summed E-state index contributed by atoms with van der Waals surface area (Å²) in [6.07, 6.45) is -0.176. The van der Waals surface area contributed by atoms with Crippen molar-refractivity contribution in [2.75, 3.05) is 13.7 Å². The predicted molar refractivity (Wildman–Crippen MR) is 62.8 cm³/mol. The number of nitrogens with zero attached hydrogens (tertiary/aromatic N) is 1. The van der Waals surface area contributed by atoms with E-state index >= 15 is 0 Å². The lowest BCUT2D eigenvalue weighted by Crippen LogP contribution is -2.35. The van der Waals surface area contributed by atoms with E-state index in [1.165, 1.54) is 4.90 Å². The highest BCUT2D eigenvalue weighted by Gasteiger charge is 2.24. The van der Waals surface area contributed by atoms with Crippen LogP contribution in [0.5, 0.6) is 5.75 Å². The van der Waals surface area contributed by atoms with Crippen LogP contribution in [0, 0.1) is 0 Å². The third-order valence-electron chi connectivity index (χ3n) is 2.80. The lowest BCUT2D eigenvalue weighted by Gasteiger charge is -2.28. The van der Waals surface area contributed by atoms with Crippen molar-refractivity contribution in [3.05, 3.63) is 27.7 Å². The van der Waals surface area contributed by atoms with Crippen molar-refractivity contribution in [1.82, 2.24) is 4.90 Å². The molecule has 0 radical (unpaired) electrons. The van der Waals surface area contributed by atoms with Crippen LogP contribution >= 0.6 is 15.9 Å². The highest BCUT2D eigenvalue weighted by molar-refractivity contribution is 9.10. The number of hydrogen-bond donors (Lipinski definition) is 1. The number of halogens is 1. The monoisotopic (exact) mass is 285 g/mol. The second-order valence-corrected chi connectivity index (χ2v) is 4.52. The summed E-state index contributed by atoms with van der Waals surface area (Å²) >= 11 is 3.45. The minimum atomic E-state index is -0.875. The Labute approximate surface area is 102 Å². The Morgan fingerprint density at radius 1 is 1.50 bits per heavy atom. The van der Waals surface area contributed by atoms with Crippen LogP contribution in [0.2, 0.25) is 0 Å². The van der Waals surface area contributed by atoms with E-state index in [0.29, 0.717) is 19.5 Å². The molecule has 1 aromatic carbocycles. The first-order valence-electron chi connectivity index (χ1n) is 4.95. The zero-order valence-corrected chi connectivity index (χ0v) is 10.5. The van der Waals surface area contributed by atoms with Crippen LogP contribution in [0.25, 0.3) is 0 Å². The minimum Gasteiger partial charge on any atom is -0.496 e. The molecule has 0 fully saturated rings. The Bertz CT molecular complexity index is 433. The van der Waals surface area contributed by atoms with E-state index in [0.717, 1.165) is 21.3 Å². The summed E-state index contributed by atoms with van der Waals surface area (Å²) in [6, 6.07) is 3.79. The molecule has 1 aromatic rings. The first-order chi connectivity index (χ1) is 7.63. The van der Waals surface area contributed by atoms with E-state index in [2.05, 4.69) is 15.9 Å². The fourth-order valence-corrected chi connectivity index (χ4v) is 2.46. The maximum atomic E-state index is 10.9. The minimum absolute atomic E-state index is 0.419. The predicted octanol–water partition coefficient (Wildman–Crippen LogP) is 2.49. The summed E-state index contributed by atoms with van der Waals surface area (Å²) in [4.78, 5) is 12.3. The van der Waals surface area contributed by atoms with Gasteiger partial charge in [-0.25, -0.2) is 4.79 Å². The quantitative estimate of drug-likeness (QED) is 0.863. The molecule has 0 spiro atoms. The van der Waals surface area contributed by atoms with Crippen LogP contribution in [0.1, 0.15) is 11.1 Å². The van der Waals surface area contributed by atoms with Gasteiger partial charge in [-0.15, -0.1) is 0 Å². The van der Waals surface area contributed by atoms with Crippen LogP contribution in [0.15, 0.2) is 16.6 Å². The number of fused-ring (bicyclic) bond motifs is 1. The molecule has 1 aliphatic rings. The average Bonchev–Trinajstić information content (AvgIpc) is 2.29. The molecule has 86 valence electrons. The maximum Gasteiger partial charge on any atom is 0.407 e. The topological polar surface area (TPSA) is 49.8 Å². The number of benzene rings is 1. The molecule has 0 aliphatic carbocycles. The molecule has 0 aromatic heterocycles. The summed E-state index contributed by atoms with van der Waals surface area (Å²) in [6.45, 7) is 0.942. The lowest BCUT2D eigenvalue weighted by atomic mass is 9.99. The number of rotatable bonds is 1. The van der Waals surface area contributed by atoms with Gasteiger partial charge in [0.25, 0.3) is 0 Å². The smallest absolute Gasteiger partial charge is 0.407 e. The summed E-state index contributed by atoms with van der Waals surface area (Å²) in [5.74, 6) is 0.836. The van der Waals surface area contributed by atoms with E-state index in [1.807, 2.05) is 12.1 Å². The summed E-state index contributed by atoms with van der Waals surface area (Å²) in [7, 11) is 1.63. The third kappa shape index (κ3) is 1.87. The zero-order chi connectivity index (χ0) is 11.7. The van der Waals surface area contributed by atoms with Crippen LogP contribution in [-0.2, 0) is 13.0 Å². The van der Waals surface area contributed by atoms with E-state index in [9.17, 15) is 4.79 Å². The standard InChI is InChI=1S/C11H12BrNO3/c1-16-10-3-2-9(12)8-6-13(11(14)15)5-4-7(8)10/h2-3H,4-6H2,1H3,(H,14,15). The average molecular weight is 286 g/mol. The Morgan fingerprint density at radius 3 is 2.88 bits per heavy atom. The Hall–Kier alpha value is -1.23. The molecule has 0 bridgehead atoms. The fourth-order valence-electron chi connectivity index (χ4n) is 1.96. The molecular formula is C11H12BrNO3. The van der Waals surface area contributed by atoms with Gasteiger partial charge in [0.15, 0.2) is 0 Å². The van der Waals surface area contributed by atoms with Gasteiger partial charge in [-0.1, -0.05) is 15.9 Å². The van der Waals surface area contributed by atoms with Crippen molar-refractivity contribution >= 4 is 22.0 Å². The van der Waals surface area contributed by atoms with Gasteiger partial charge in [-0.2, -0.15) is 0 Å². The van der Waals surface area contributed by atoms with Crippen molar-refractivity contribution < 1.29 is 14.6 Å². The molecular weight excluding hydrogens is 274 g/mol. The molecule has 4 nitrogen and oxygen atoms in total. The van der Waals surface area contributed by atoms with Crippen molar-refractivity contribution in [3.8, 4) is 5.75 Å². The molecule has 1 N–H and O–H groups in total. The van der Waals surface area contributed by atoms with E-state index < -0.39 is 6.09 Å². The summed E-state index contributed by atoms with van der Waals surface area (Å²) in [5.41, 5.74) is 2.11. The number of hydrogen-bond acceptors (Lipinski definition) is 2. The number of carbonyl (C=O) groups is 1. The van der Waals surface area contributed by atoms with E-state index in [1.54, 1.807) is 7.11 Å². The van der Waals surface area contributed by atoms with Gasteiger partial charge in [-0.3, -0.25) is 0 Å². The fraction of sp³-hybridized carbons (Fsp3) is 0.364. The highest BCUT2D eigenvalue weighted by atomic mass is 79.9. The Balaban J connectivity index is 2.41. The Morgan fingerprint density at radius 2 is 2.25 bits per heavy atom. The van der Waals surface area contributed by atoms with Crippen LogP contribution in [-0.4, -0.2) is 29.8 Å². The number of ether oxygens (including phenoxy) is 1. The molecule has 5 heteroatoms. The van der Waals surface area contributed by atoms with Crippen LogP contribution in [0.3, 0.4) is 0 Å². The van der Waals surface area contributed by atoms with Gasteiger partial charge >= 0.3 is 6.09 Å². The van der Waals surface area contributed by atoms with Crippen molar-refractivity contribution in [1.29, 1.82) is 0 Å². The third-order valence-corrected chi connectivity index (χ3v) is 3.55. The number of methoxy groups -OCH3 is 1. The molecule has 0 unspecified atom stereocenters. The number of carboxylic acid groups (broad SMARTS) is 1. The summed E-state index contributed by atoms with van der Waals surface area (Å²) < 4.78 is 6.22. The van der Waals surface area contributed by atoms with Crippen LogP contribution in [0.4, 0.5) is 4.79 Å². The number of amides is 1. The molecule has 1 aliphatic heterocycles. The van der Waals surface area contributed by atoms with Crippen molar-refractivity contribution in [2.24, 2.45) is 0 Å².